The standard InChI is InChI=1S/C14H25NO4/c1-9(2)7-10(3)13(16)15-12(14(17)18)8-11-5-4-6-19-11/h9-12H,4-8H2,1-3H3,(H,15,16)(H,17,18). The molecule has 5 heteroatoms. The van der Waals surface area contributed by atoms with E-state index in [2.05, 4.69) is 5.32 Å². The molecule has 1 fully saturated rings. The fraction of sp³-hybridized carbons (Fsp3) is 0.857. The molecule has 19 heavy (non-hydrogen) atoms. The summed E-state index contributed by atoms with van der Waals surface area (Å²) in [5.74, 6) is -0.909. The minimum Gasteiger partial charge on any atom is -0.480 e. The molecule has 1 saturated heterocycles. The summed E-state index contributed by atoms with van der Waals surface area (Å²) in [5.41, 5.74) is 0. The summed E-state index contributed by atoms with van der Waals surface area (Å²) >= 11 is 0. The molecule has 0 bridgehead atoms. The van der Waals surface area contributed by atoms with Crippen LogP contribution in [0, 0.1) is 11.8 Å². The minimum absolute atomic E-state index is 0.0400. The monoisotopic (exact) mass is 271 g/mol. The number of hydrogen-bond donors (Lipinski definition) is 2. The third-order valence-corrected chi connectivity index (χ3v) is 3.41. The quantitative estimate of drug-likeness (QED) is 0.740. The first-order chi connectivity index (χ1) is 8.90. The molecule has 0 radical (unpaired) electrons. The van der Waals surface area contributed by atoms with Crippen molar-refractivity contribution in [3.05, 3.63) is 0 Å². The molecule has 1 heterocycles. The van der Waals surface area contributed by atoms with Crippen LogP contribution in [0.2, 0.25) is 0 Å². The lowest BCUT2D eigenvalue weighted by Crippen LogP contribution is -2.45. The van der Waals surface area contributed by atoms with Crippen molar-refractivity contribution >= 4 is 11.9 Å². The van der Waals surface area contributed by atoms with E-state index in [-0.39, 0.29) is 17.9 Å². The number of carboxylic acids is 1. The zero-order chi connectivity index (χ0) is 14.4. The van der Waals surface area contributed by atoms with E-state index in [0.29, 0.717) is 18.9 Å². The van der Waals surface area contributed by atoms with Gasteiger partial charge >= 0.3 is 5.97 Å². The summed E-state index contributed by atoms with van der Waals surface area (Å²) in [4.78, 5) is 23.1. The molecule has 0 saturated carbocycles. The van der Waals surface area contributed by atoms with Crippen molar-refractivity contribution in [2.75, 3.05) is 6.61 Å². The van der Waals surface area contributed by atoms with E-state index in [4.69, 9.17) is 4.74 Å². The Morgan fingerprint density at radius 1 is 1.37 bits per heavy atom. The van der Waals surface area contributed by atoms with E-state index in [1.165, 1.54) is 0 Å². The molecule has 5 nitrogen and oxygen atoms in total. The molecule has 0 aromatic carbocycles. The number of nitrogens with one attached hydrogen (secondary N) is 1. The van der Waals surface area contributed by atoms with E-state index in [1.807, 2.05) is 20.8 Å². The molecule has 1 aliphatic heterocycles. The van der Waals surface area contributed by atoms with Crippen molar-refractivity contribution in [1.82, 2.24) is 5.32 Å². The van der Waals surface area contributed by atoms with Gasteiger partial charge in [-0.1, -0.05) is 20.8 Å². The van der Waals surface area contributed by atoms with E-state index < -0.39 is 12.0 Å². The van der Waals surface area contributed by atoms with Gasteiger partial charge < -0.3 is 15.2 Å². The van der Waals surface area contributed by atoms with Crippen molar-refractivity contribution < 1.29 is 19.4 Å². The normalized spacial score (nSPS) is 22.2. The Morgan fingerprint density at radius 2 is 2.05 bits per heavy atom. The van der Waals surface area contributed by atoms with Crippen LogP contribution in [-0.2, 0) is 14.3 Å². The molecule has 1 aliphatic rings. The fourth-order valence-electron chi connectivity index (χ4n) is 2.44. The second-order valence-electron chi connectivity index (χ2n) is 5.80. The van der Waals surface area contributed by atoms with E-state index >= 15 is 0 Å². The summed E-state index contributed by atoms with van der Waals surface area (Å²) in [6, 6.07) is -0.842. The van der Waals surface area contributed by atoms with Gasteiger partial charge in [0.15, 0.2) is 0 Å². The summed E-state index contributed by atoms with van der Waals surface area (Å²) in [7, 11) is 0. The molecule has 3 atom stereocenters. The predicted octanol–water partition coefficient (Wildman–Crippen LogP) is 1.81. The first-order valence-electron chi connectivity index (χ1n) is 7.05. The van der Waals surface area contributed by atoms with Gasteiger partial charge in [0.1, 0.15) is 6.04 Å². The third kappa shape index (κ3) is 5.59. The van der Waals surface area contributed by atoms with Gasteiger partial charge in [-0.05, 0) is 25.2 Å². The molecule has 0 spiro atoms. The van der Waals surface area contributed by atoms with Crippen LogP contribution >= 0.6 is 0 Å². The highest BCUT2D eigenvalue weighted by Gasteiger charge is 2.28. The first kappa shape index (κ1) is 16.0. The van der Waals surface area contributed by atoms with Crippen molar-refractivity contribution in [3.63, 3.8) is 0 Å². The number of aliphatic carboxylic acids is 1. The SMILES string of the molecule is CC(C)CC(C)C(=O)NC(CC1CCCO1)C(=O)O. The highest BCUT2D eigenvalue weighted by Crippen LogP contribution is 2.18. The smallest absolute Gasteiger partial charge is 0.326 e. The van der Waals surface area contributed by atoms with Crippen LogP contribution < -0.4 is 5.32 Å². The van der Waals surface area contributed by atoms with Gasteiger partial charge in [0, 0.05) is 18.9 Å². The van der Waals surface area contributed by atoms with Crippen molar-refractivity contribution in [2.45, 2.75) is 58.6 Å². The van der Waals surface area contributed by atoms with Crippen LogP contribution in [0.3, 0.4) is 0 Å². The van der Waals surface area contributed by atoms with Gasteiger partial charge in [0.2, 0.25) is 5.91 Å². The number of carbonyl (C=O) groups excluding carboxylic acids is 1. The maximum absolute atomic E-state index is 12.0. The highest BCUT2D eigenvalue weighted by atomic mass is 16.5. The Labute approximate surface area is 114 Å². The molecule has 1 rings (SSSR count). The second-order valence-corrected chi connectivity index (χ2v) is 5.80. The van der Waals surface area contributed by atoms with E-state index in [0.717, 1.165) is 19.3 Å². The topological polar surface area (TPSA) is 75.6 Å². The van der Waals surface area contributed by atoms with Gasteiger partial charge in [0.25, 0.3) is 0 Å². The summed E-state index contributed by atoms with van der Waals surface area (Å²) in [6.45, 7) is 6.62. The lowest BCUT2D eigenvalue weighted by molar-refractivity contribution is -0.143. The fourth-order valence-corrected chi connectivity index (χ4v) is 2.44. The number of carbonyl (C=O) groups is 2. The molecule has 110 valence electrons. The van der Waals surface area contributed by atoms with E-state index in [1.54, 1.807) is 0 Å². The first-order valence-corrected chi connectivity index (χ1v) is 7.05. The number of hydrogen-bond acceptors (Lipinski definition) is 3. The molecule has 1 amide bonds. The summed E-state index contributed by atoms with van der Waals surface area (Å²) < 4.78 is 5.43. The van der Waals surface area contributed by atoms with Crippen LogP contribution in [0.4, 0.5) is 0 Å². The summed E-state index contributed by atoms with van der Waals surface area (Å²) in [5, 5.41) is 11.8. The lowest BCUT2D eigenvalue weighted by Gasteiger charge is -2.21. The predicted molar refractivity (Wildman–Crippen MR) is 71.8 cm³/mol. The van der Waals surface area contributed by atoms with Crippen LogP contribution in [0.25, 0.3) is 0 Å². The number of rotatable bonds is 7. The Balaban J connectivity index is 2.47. The zero-order valence-electron chi connectivity index (χ0n) is 12.0. The number of ether oxygens (including phenoxy) is 1. The molecule has 0 aromatic rings. The van der Waals surface area contributed by atoms with Crippen molar-refractivity contribution in [3.8, 4) is 0 Å². The molecule has 3 unspecified atom stereocenters. The largest absolute Gasteiger partial charge is 0.480 e. The second kappa shape index (κ2) is 7.48. The van der Waals surface area contributed by atoms with Gasteiger partial charge in [-0.3, -0.25) is 4.79 Å². The van der Waals surface area contributed by atoms with Crippen molar-refractivity contribution in [2.24, 2.45) is 11.8 Å². The van der Waals surface area contributed by atoms with Gasteiger partial charge in [-0.2, -0.15) is 0 Å². The minimum atomic E-state index is -0.986. The summed E-state index contributed by atoms with van der Waals surface area (Å²) in [6.07, 6.45) is 2.92. The third-order valence-electron chi connectivity index (χ3n) is 3.41. The van der Waals surface area contributed by atoms with Gasteiger partial charge in [-0.15, -0.1) is 0 Å². The maximum atomic E-state index is 12.0. The number of carboxylic acid groups (broad SMARTS) is 1. The average molecular weight is 271 g/mol. The molecular formula is C14H25NO4. The highest BCUT2D eigenvalue weighted by molar-refractivity contribution is 5.84. The average Bonchev–Trinajstić information content (AvgIpc) is 2.79. The number of amides is 1. The lowest BCUT2D eigenvalue weighted by atomic mass is 9.97. The van der Waals surface area contributed by atoms with Crippen LogP contribution in [-0.4, -0.2) is 35.7 Å². The molecular weight excluding hydrogens is 246 g/mol. The van der Waals surface area contributed by atoms with Crippen molar-refractivity contribution in [1.29, 1.82) is 0 Å². The Hall–Kier alpha value is -1.10. The van der Waals surface area contributed by atoms with Crippen LogP contribution in [0.15, 0.2) is 0 Å². The Morgan fingerprint density at radius 3 is 2.53 bits per heavy atom. The van der Waals surface area contributed by atoms with Crippen LogP contribution in [0.1, 0.15) is 46.5 Å². The molecule has 0 aromatic heterocycles. The van der Waals surface area contributed by atoms with Gasteiger partial charge in [-0.25, -0.2) is 4.79 Å². The maximum Gasteiger partial charge on any atom is 0.326 e. The zero-order valence-corrected chi connectivity index (χ0v) is 12.0. The molecule has 0 aliphatic carbocycles. The molecule has 2 N–H and O–H groups in total. The van der Waals surface area contributed by atoms with Gasteiger partial charge in [0.05, 0.1) is 6.10 Å². The Kier molecular flexibility index (Phi) is 6.28. The Bertz CT molecular complexity index is 311. The van der Waals surface area contributed by atoms with E-state index in [9.17, 15) is 14.7 Å². The van der Waals surface area contributed by atoms with Crippen LogP contribution in [0.5, 0.6) is 0 Å².